The first-order valence-corrected chi connectivity index (χ1v) is 4.41. The van der Waals surface area contributed by atoms with Gasteiger partial charge in [0.2, 0.25) is 0 Å². The van der Waals surface area contributed by atoms with Gasteiger partial charge in [-0.25, -0.2) is 0 Å². The third-order valence-electron chi connectivity index (χ3n) is 1.94. The van der Waals surface area contributed by atoms with Gasteiger partial charge in [-0.15, -0.1) is 0 Å². The third kappa shape index (κ3) is 1.94. The van der Waals surface area contributed by atoms with Crippen molar-refractivity contribution >= 4 is 5.57 Å². The number of hydrogen-bond acceptors (Lipinski definition) is 1. The van der Waals surface area contributed by atoms with E-state index in [1.165, 1.54) is 5.57 Å². The molecule has 0 saturated heterocycles. The summed E-state index contributed by atoms with van der Waals surface area (Å²) in [6.45, 7) is 0. The van der Waals surface area contributed by atoms with E-state index < -0.39 is 0 Å². The highest BCUT2D eigenvalue weighted by Crippen LogP contribution is 2.15. The van der Waals surface area contributed by atoms with Crippen LogP contribution in [0.3, 0.4) is 0 Å². The van der Waals surface area contributed by atoms with E-state index in [-0.39, 0.29) is 0 Å². The Morgan fingerprint density at radius 3 is 3.00 bits per heavy atom. The molecule has 1 heterocycles. The summed E-state index contributed by atoms with van der Waals surface area (Å²) in [5.74, 6) is 0. The van der Waals surface area contributed by atoms with E-state index in [2.05, 4.69) is 35.4 Å². The minimum absolute atomic E-state index is 1.01. The molecular formula is C12H11N. The van der Waals surface area contributed by atoms with Crippen LogP contribution in [0.15, 0.2) is 54.8 Å². The van der Waals surface area contributed by atoms with E-state index in [1.54, 1.807) is 0 Å². The number of aromatic nitrogens is 1. The van der Waals surface area contributed by atoms with E-state index in [0.717, 1.165) is 12.1 Å². The molecule has 0 unspecified atom stereocenters. The zero-order valence-corrected chi connectivity index (χ0v) is 7.35. The molecule has 0 atom stereocenters. The number of nitrogens with zero attached hydrogens (tertiary/aromatic N) is 1. The summed E-state index contributed by atoms with van der Waals surface area (Å²) in [5.41, 5.74) is 2.21. The first-order valence-electron chi connectivity index (χ1n) is 4.41. The largest absolute Gasteiger partial charge is 0.256 e. The smallest absolute Gasteiger partial charge is 0.0701 e. The number of pyridine rings is 1. The van der Waals surface area contributed by atoms with Gasteiger partial charge < -0.3 is 0 Å². The molecule has 1 heteroatoms. The van der Waals surface area contributed by atoms with Crippen LogP contribution in [-0.2, 0) is 0 Å². The molecule has 0 aromatic carbocycles. The van der Waals surface area contributed by atoms with Gasteiger partial charge >= 0.3 is 0 Å². The van der Waals surface area contributed by atoms with Gasteiger partial charge in [-0.2, -0.15) is 0 Å². The average molecular weight is 169 g/mol. The highest BCUT2D eigenvalue weighted by molar-refractivity contribution is 5.73. The van der Waals surface area contributed by atoms with Crippen LogP contribution in [0.4, 0.5) is 0 Å². The molecule has 0 amide bonds. The molecule has 64 valence electrons. The molecule has 0 N–H and O–H groups in total. The predicted molar refractivity (Wildman–Crippen MR) is 55.1 cm³/mol. The van der Waals surface area contributed by atoms with E-state index in [9.17, 15) is 0 Å². The van der Waals surface area contributed by atoms with Crippen molar-refractivity contribution in [1.29, 1.82) is 0 Å². The standard InChI is InChI=1S/C12H11N/c1-2-4-8-11(7-3-1)12-9-5-6-10-13-12/h1,3-10H,2H2. The Hall–Kier alpha value is -1.63. The fourth-order valence-corrected chi connectivity index (χ4v) is 1.28. The van der Waals surface area contributed by atoms with Gasteiger partial charge in [0.15, 0.2) is 0 Å². The van der Waals surface area contributed by atoms with Crippen molar-refractivity contribution in [3.8, 4) is 0 Å². The molecule has 0 fully saturated rings. The SMILES string of the molecule is C1=CCC=CC(c2ccccn2)=C1. The lowest BCUT2D eigenvalue weighted by Crippen LogP contribution is -1.83. The number of rotatable bonds is 1. The highest BCUT2D eigenvalue weighted by Gasteiger charge is 1.97. The average Bonchev–Trinajstić information content (AvgIpc) is 2.47. The second kappa shape index (κ2) is 3.85. The monoisotopic (exact) mass is 169 g/mol. The van der Waals surface area contributed by atoms with Crippen molar-refractivity contribution < 1.29 is 0 Å². The van der Waals surface area contributed by atoms with Crippen molar-refractivity contribution in [2.24, 2.45) is 0 Å². The van der Waals surface area contributed by atoms with Crippen molar-refractivity contribution in [3.05, 3.63) is 60.5 Å². The van der Waals surface area contributed by atoms with Gasteiger partial charge in [0.25, 0.3) is 0 Å². The predicted octanol–water partition coefficient (Wildman–Crippen LogP) is 2.98. The lowest BCUT2D eigenvalue weighted by molar-refractivity contribution is 1.28. The Labute approximate surface area is 78.1 Å². The molecule has 0 saturated carbocycles. The van der Waals surface area contributed by atoms with Crippen LogP contribution in [-0.4, -0.2) is 4.98 Å². The van der Waals surface area contributed by atoms with E-state index >= 15 is 0 Å². The van der Waals surface area contributed by atoms with Gasteiger partial charge in [-0.3, -0.25) is 4.98 Å². The molecule has 0 spiro atoms. The fourth-order valence-electron chi connectivity index (χ4n) is 1.28. The van der Waals surface area contributed by atoms with Crippen molar-refractivity contribution in [1.82, 2.24) is 4.98 Å². The normalized spacial score (nSPS) is 15.2. The summed E-state index contributed by atoms with van der Waals surface area (Å²) in [6, 6.07) is 5.96. The summed E-state index contributed by atoms with van der Waals surface area (Å²) in [6.07, 6.45) is 13.4. The van der Waals surface area contributed by atoms with Crippen LogP contribution in [0.1, 0.15) is 12.1 Å². The van der Waals surface area contributed by atoms with Crippen LogP contribution < -0.4 is 0 Å². The fraction of sp³-hybridized carbons (Fsp3) is 0.0833. The van der Waals surface area contributed by atoms with Crippen molar-refractivity contribution in [2.75, 3.05) is 0 Å². The second-order valence-corrected chi connectivity index (χ2v) is 2.90. The minimum Gasteiger partial charge on any atom is -0.256 e. The lowest BCUT2D eigenvalue weighted by Gasteiger charge is -1.98. The van der Waals surface area contributed by atoms with Crippen LogP contribution in [0.2, 0.25) is 0 Å². The zero-order valence-electron chi connectivity index (χ0n) is 7.35. The lowest BCUT2D eigenvalue weighted by atomic mass is 10.1. The summed E-state index contributed by atoms with van der Waals surface area (Å²) >= 11 is 0. The summed E-state index contributed by atoms with van der Waals surface area (Å²) < 4.78 is 0. The number of hydrogen-bond donors (Lipinski definition) is 0. The molecular weight excluding hydrogens is 158 g/mol. The Kier molecular flexibility index (Phi) is 2.37. The summed E-state index contributed by atoms with van der Waals surface area (Å²) in [5, 5.41) is 0. The van der Waals surface area contributed by atoms with Gasteiger partial charge in [0, 0.05) is 6.20 Å². The van der Waals surface area contributed by atoms with Crippen LogP contribution in [0.25, 0.3) is 5.57 Å². The molecule has 2 rings (SSSR count). The number of allylic oxidation sites excluding steroid dienone is 6. The van der Waals surface area contributed by atoms with Gasteiger partial charge in [-0.1, -0.05) is 36.4 Å². The first kappa shape index (κ1) is 7.99. The van der Waals surface area contributed by atoms with Crippen LogP contribution >= 0.6 is 0 Å². The van der Waals surface area contributed by atoms with Gasteiger partial charge in [0.05, 0.1) is 5.69 Å². The molecule has 1 aromatic rings. The maximum Gasteiger partial charge on any atom is 0.0701 e. The minimum atomic E-state index is 1.01. The molecule has 13 heavy (non-hydrogen) atoms. The van der Waals surface area contributed by atoms with Crippen LogP contribution in [0, 0.1) is 0 Å². The molecule has 0 bridgehead atoms. The first-order chi connectivity index (χ1) is 6.47. The molecule has 1 aromatic heterocycles. The Morgan fingerprint density at radius 1 is 1.15 bits per heavy atom. The van der Waals surface area contributed by atoms with Gasteiger partial charge in [-0.05, 0) is 24.1 Å². The molecule has 0 radical (unpaired) electrons. The van der Waals surface area contributed by atoms with Crippen molar-refractivity contribution in [2.45, 2.75) is 6.42 Å². The van der Waals surface area contributed by atoms with E-state index in [0.29, 0.717) is 0 Å². The highest BCUT2D eigenvalue weighted by atomic mass is 14.7. The van der Waals surface area contributed by atoms with E-state index in [4.69, 9.17) is 0 Å². The topological polar surface area (TPSA) is 12.9 Å². The zero-order chi connectivity index (χ0) is 8.93. The van der Waals surface area contributed by atoms with Crippen LogP contribution in [0.5, 0.6) is 0 Å². The summed E-state index contributed by atoms with van der Waals surface area (Å²) in [4.78, 5) is 4.29. The molecule has 0 aliphatic heterocycles. The maximum absolute atomic E-state index is 4.29. The molecule has 1 aliphatic rings. The Balaban J connectivity index is 2.36. The van der Waals surface area contributed by atoms with E-state index in [1.807, 2.05) is 24.4 Å². The Bertz CT molecular complexity index is 358. The Morgan fingerprint density at radius 2 is 2.15 bits per heavy atom. The third-order valence-corrected chi connectivity index (χ3v) is 1.94. The van der Waals surface area contributed by atoms with Crippen molar-refractivity contribution in [3.63, 3.8) is 0 Å². The quantitative estimate of drug-likeness (QED) is 0.629. The second-order valence-electron chi connectivity index (χ2n) is 2.90. The molecule has 1 aliphatic carbocycles. The molecule has 1 nitrogen and oxygen atoms in total. The van der Waals surface area contributed by atoms with Gasteiger partial charge in [0.1, 0.15) is 0 Å². The maximum atomic E-state index is 4.29. The summed E-state index contributed by atoms with van der Waals surface area (Å²) in [7, 11) is 0.